The molecule has 4 N–H and O–H groups in total. The van der Waals surface area contributed by atoms with Gasteiger partial charge in [-0.3, -0.25) is 19.2 Å². The summed E-state index contributed by atoms with van der Waals surface area (Å²) >= 11 is 1.42. The van der Waals surface area contributed by atoms with E-state index >= 15 is 0 Å². The molecule has 0 saturated carbocycles. The van der Waals surface area contributed by atoms with E-state index in [1.165, 1.54) is 18.7 Å². The van der Waals surface area contributed by atoms with Gasteiger partial charge in [-0.15, -0.1) is 11.8 Å². The third kappa shape index (κ3) is 7.20. The molecule has 4 atom stereocenters. The van der Waals surface area contributed by atoms with Gasteiger partial charge >= 0.3 is 5.97 Å². The number of rotatable bonds is 11. The third-order valence-corrected chi connectivity index (χ3v) is 7.03. The first kappa shape index (κ1) is 26.7. The van der Waals surface area contributed by atoms with Crippen molar-refractivity contribution in [2.75, 3.05) is 18.5 Å². The first-order chi connectivity index (χ1) is 15.5. The Morgan fingerprint density at radius 2 is 1.97 bits per heavy atom. The molecule has 0 saturated heterocycles. The number of thioether (sulfide) groups is 1. The van der Waals surface area contributed by atoms with E-state index in [0.717, 1.165) is 10.6 Å². The number of benzene rings is 1. The van der Waals surface area contributed by atoms with E-state index in [2.05, 4.69) is 10.6 Å². The number of hydrogen-bond donors (Lipinski definition) is 4. The Morgan fingerprint density at radius 1 is 1.30 bits per heavy atom. The van der Waals surface area contributed by atoms with Crippen LogP contribution in [-0.2, 0) is 19.2 Å². The number of nitrogens with zero attached hydrogens (tertiary/aromatic N) is 1. The Labute approximate surface area is 198 Å². The minimum Gasteiger partial charge on any atom is -0.481 e. The zero-order valence-electron chi connectivity index (χ0n) is 19.4. The predicted molar refractivity (Wildman–Crippen MR) is 126 cm³/mol. The number of fused-ring (bicyclic) bond motifs is 1. The second-order valence-corrected chi connectivity index (χ2v) is 10.4. The average Bonchev–Trinajstić information content (AvgIpc) is 2.76. The Kier molecular flexibility index (Phi) is 9.30. The van der Waals surface area contributed by atoms with E-state index in [-0.39, 0.29) is 37.6 Å². The van der Waals surface area contributed by atoms with Gasteiger partial charge in [0.05, 0.1) is 23.8 Å². The molecule has 33 heavy (non-hydrogen) atoms. The lowest BCUT2D eigenvalue weighted by Crippen LogP contribution is -2.47. The number of para-hydroxylation sites is 1. The van der Waals surface area contributed by atoms with Crippen molar-refractivity contribution in [2.45, 2.75) is 62.3 Å². The van der Waals surface area contributed by atoms with Crippen molar-refractivity contribution >= 4 is 41.6 Å². The van der Waals surface area contributed by atoms with Crippen molar-refractivity contribution in [2.24, 2.45) is 11.3 Å². The summed E-state index contributed by atoms with van der Waals surface area (Å²) in [5.41, 5.74) is 0.133. The van der Waals surface area contributed by atoms with Crippen LogP contribution in [0.15, 0.2) is 29.2 Å². The molecule has 1 heterocycles. The number of nitrogens with one attached hydrogen (secondary N) is 2. The molecule has 3 amide bonds. The fourth-order valence-electron chi connectivity index (χ4n) is 3.96. The van der Waals surface area contributed by atoms with Crippen molar-refractivity contribution in [1.82, 2.24) is 10.6 Å². The maximum absolute atomic E-state index is 13.4. The molecule has 1 aromatic carbocycles. The fraction of sp³-hybridized carbons (Fsp3) is 0.565. The first-order valence-corrected chi connectivity index (χ1v) is 11.7. The molecule has 0 aliphatic carbocycles. The smallest absolute Gasteiger partial charge is 0.306 e. The molecule has 0 bridgehead atoms. The van der Waals surface area contributed by atoms with Gasteiger partial charge in [0, 0.05) is 24.9 Å². The normalized spacial score (nSPS) is 18.5. The molecule has 9 nitrogen and oxygen atoms in total. The molecule has 0 unspecified atom stereocenters. The summed E-state index contributed by atoms with van der Waals surface area (Å²) in [4.78, 5) is 50.4. The number of hydrogen-bond acceptors (Lipinski definition) is 6. The molecule has 0 fully saturated rings. The van der Waals surface area contributed by atoms with E-state index in [1.54, 1.807) is 11.9 Å². The molecule has 2 rings (SSSR count). The van der Waals surface area contributed by atoms with Crippen molar-refractivity contribution in [3.63, 3.8) is 0 Å². The maximum atomic E-state index is 13.4. The van der Waals surface area contributed by atoms with E-state index < -0.39 is 34.7 Å². The Morgan fingerprint density at radius 3 is 2.58 bits per heavy atom. The number of amides is 3. The average molecular weight is 480 g/mol. The summed E-state index contributed by atoms with van der Waals surface area (Å²) in [5.74, 6) is -2.12. The number of aliphatic hydroxyl groups is 1. The van der Waals surface area contributed by atoms with Crippen LogP contribution >= 0.6 is 11.8 Å². The topological polar surface area (TPSA) is 136 Å². The van der Waals surface area contributed by atoms with E-state index in [1.807, 2.05) is 38.1 Å². The summed E-state index contributed by atoms with van der Waals surface area (Å²) in [6.07, 6.45) is -0.224. The number of aliphatic hydroxyl groups excluding tert-OH is 1. The van der Waals surface area contributed by atoms with Gasteiger partial charge in [-0.1, -0.05) is 32.9 Å². The lowest BCUT2D eigenvalue weighted by atomic mass is 9.79. The Hall–Kier alpha value is -2.59. The molecule has 0 aromatic heterocycles. The highest BCUT2D eigenvalue weighted by Gasteiger charge is 2.36. The lowest BCUT2D eigenvalue weighted by molar-refractivity contribution is -0.142. The number of carbonyl (C=O) groups is 4. The molecule has 0 radical (unpaired) electrons. The molecular weight excluding hydrogens is 446 g/mol. The highest BCUT2D eigenvalue weighted by Crippen LogP contribution is 2.40. The second kappa shape index (κ2) is 11.5. The number of carboxylic acids is 1. The fourth-order valence-corrected chi connectivity index (χ4v) is 5.17. The summed E-state index contributed by atoms with van der Waals surface area (Å²) in [6, 6.07) is 6.73. The summed E-state index contributed by atoms with van der Waals surface area (Å²) in [5, 5.41) is 24.4. The Balaban J connectivity index is 2.16. The molecule has 10 heteroatoms. The number of anilines is 1. The maximum Gasteiger partial charge on any atom is 0.306 e. The van der Waals surface area contributed by atoms with E-state index in [4.69, 9.17) is 5.11 Å². The molecule has 0 spiro atoms. The van der Waals surface area contributed by atoms with Crippen LogP contribution in [0.5, 0.6) is 0 Å². The van der Waals surface area contributed by atoms with Crippen molar-refractivity contribution in [3.05, 3.63) is 24.3 Å². The zero-order chi connectivity index (χ0) is 24.8. The van der Waals surface area contributed by atoms with Gasteiger partial charge in [0.2, 0.25) is 18.2 Å². The Bertz CT molecular complexity index is 878. The lowest BCUT2D eigenvalue weighted by Gasteiger charge is -2.37. The standard InChI is InChI=1S/C23H33N3O6S/c1-14(22(31)32)9-17(28)15(25-13-27)10-23(2,3)11-20(29)26-12-19(21(30)24-4)33-18-8-6-5-7-16(18)26/h5-8,13-15,17,19,28H,9-12H2,1-4H3,(H,24,30)(H,25,27)(H,31,32)/t14-,15+,17+,19-/m1/s1. The van der Waals surface area contributed by atoms with Gasteiger partial charge < -0.3 is 25.7 Å². The largest absolute Gasteiger partial charge is 0.481 e. The van der Waals surface area contributed by atoms with E-state index in [9.17, 15) is 24.3 Å². The van der Waals surface area contributed by atoms with Crippen LogP contribution < -0.4 is 15.5 Å². The van der Waals surface area contributed by atoms with Crippen LogP contribution in [0.3, 0.4) is 0 Å². The van der Waals surface area contributed by atoms with Crippen LogP contribution in [0, 0.1) is 11.3 Å². The van der Waals surface area contributed by atoms with Gasteiger partial charge in [0.1, 0.15) is 5.25 Å². The number of carboxylic acid groups (broad SMARTS) is 1. The molecule has 182 valence electrons. The molecule has 1 aliphatic rings. The zero-order valence-corrected chi connectivity index (χ0v) is 20.2. The summed E-state index contributed by atoms with van der Waals surface area (Å²) in [7, 11) is 1.56. The van der Waals surface area contributed by atoms with Crippen LogP contribution in [-0.4, -0.2) is 65.4 Å². The van der Waals surface area contributed by atoms with Crippen LogP contribution in [0.2, 0.25) is 0 Å². The van der Waals surface area contributed by atoms with Gasteiger partial charge in [0.25, 0.3) is 0 Å². The third-order valence-electron chi connectivity index (χ3n) is 5.78. The molecule has 1 aromatic rings. The highest BCUT2D eigenvalue weighted by atomic mass is 32.2. The monoisotopic (exact) mass is 479 g/mol. The van der Waals surface area contributed by atoms with Crippen LogP contribution in [0.25, 0.3) is 0 Å². The molecular formula is C23H33N3O6S. The van der Waals surface area contributed by atoms with Crippen molar-refractivity contribution in [1.29, 1.82) is 0 Å². The summed E-state index contributed by atoms with van der Waals surface area (Å²) < 4.78 is 0. The summed E-state index contributed by atoms with van der Waals surface area (Å²) in [6.45, 7) is 5.45. The van der Waals surface area contributed by atoms with Crippen LogP contribution in [0.4, 0.5) is 5.69 Å². The first-order valence-electron chi connectivity index (χ1n) is 10.9. The van der Waals surface area contributed by atoms with Crippen molar-refractivity contribution < 1.29 is 29.4 Å². The van der Waals surface area contributed by atoms with Gasteiger partial charge in [-0.2, -0.15) is 0 Å². The van der Waals surface area contributed by atoms with Gasteiger partial charge in [-0.05, 0) is 30.4 Å². The van der Waals surface area contributed by atoms with Gasteiger partial charge in [-0.25, -0.2) is 0 Å². The quantitative estimate of drug-likeness (QED) is 0.354. The SMILES string of the molecule is CNC(=O)[C@H]1CN(C(=O)CC(C)(C)C[C@H](NC=O)[C@@H](O)C[C@@H](C)C(=O)O)c2ccccc2S1. The predicted octanol–water partition coefficient (Wildman–Crippen LogP) is 1.63. The minimum absolute atomic E-state index is 0.0185. The second-order valence-electron chi connectivity index (χ2n) is 9.17. The molecule has 1 aliphatic heterocycles. The van der Waals surface area contributed by atoms with E-state index in [0.29, 0.717) is 6.41 Å². The van der Waals surface area contributed by atoms with Crippen molar-refractivity contribution in [3.8, 4) is 0 Å². The number of carbonyl (C=O) groups excluding carboxylic acids is 3. The van der Waals surface area contributed by atoms with Crippen LogP contribution in [0.1, 0.15) is 40.0 Å². The minimum atomic E-state index is -1.07. The number of aliphatic carboxylic acids is 1. The van der Waals surface area contributed by atoms with Gasteiger partial charge in [0.15, 0.2) is 0 Å². The highest BCUT2D eigenvalue weighted by molar-refractivity contribution is 8.00.